The van der Waals surface area contributed by atoms with Crippen molar-refractivity contribution in [2.45, 2.75) is 51.2 Å². The van der Waals surface area contributed by atoms with Crippen molar-refractivity contribution >= 4 is 11.7 Å². The number of amides is 1. The lowest BCUT2D eigenvalue weighted by atomic mass is 10.0. The molecular weight excluding hydrogens is 326 g/mol. The average molecular weight is 353 g/mol. The van der Waals surface area contributed by atoms with Crippen LogP contribution < -0.4 is 11.1 Å². The van der Waals surface area contributed by atoms with Crippen LogP contribution in [0.4, 0.5) is 5.82 Å². The quantitative estimate of drug-likeness (QED) is 0.874. The highest BCUT2D eigenvalue weighted by atomic mass is 16.2. The maximum absolute atomic E-state index is 12.4. The van der Waals surface area contributed by atoms with E-state index < -0.39 is 0 Å². The number of carbonyl (C=O) groups is 1. The molecule has 1 unspecified atom stereocenters. The Morgan fingerprint density at radius 2 is 2.04 bits per heavy atom. The molecule has 1 atom stereocenters. The second kappa shape index (κ2) is 7.11. The fourth-order valence-corrected chi connectivity index (χ4v) is 4.35. The van der Waals surface area contributed by atoms with E-state index in [-0.39, 0.29) is 18.5 Å². The van der Waals surface area contributed by atoms with Crippen LogP contribution in [0.1, 0.15) is 29.7 Å². The van der Waals surface area contributed by atoms with Crippen molar-refractivity contribution in [2.24, 2.45) is 0 Å². The van der Waals surface area contributed by atoms with Gasteiger partial charge in [0.2, 0.25) is 5.91 Å². The number of rotatable bonds is 4. The molecule has 6 heteroatoms. The number of carbonyl (C=O) groups excluding carboxylic acids is 1. The lowest BCUT2D eigenvalue weighted by molar-refractivity contribution is -0.123. The van der Waals surface area contributed by atoms with Gasteiger partial charge in [-0.1, -0.05) is 24.3 Å². The van der Waals surface area contributed by atoms with E-state index in [2.05, 4.69) is 39.6 Å². The molecule has 1 fully saturated rings. The van der Waals surface area contributed by atoms with Gasteiger partial charge >= 0.3 is 0 Å². The Kier molecular flexibility index (Phi) is 4.68. The molecule has 0 spiro atoms. The Labute approximate surface area is 154 Å². The Morgan fingerprint density at radius 3 is 2.69 bits per heavy atom. The van der Waals surface area contributed by atoms with E-state index in [1.165, 1.54) is 11.1 Å². The van der Waals surface area contributed by atoms with Crippen LogP contribution in [0.15, 0.2) is 30.3 Å². The number of nitrogens with one attached hydrogen (secondary N) is 1. The number of fused-ring (bicyclic) bond motifs is 1. The molecule has 26 heavy (non-hydrogen) atoms. The summed E-state index contributed by atoms with van der Waals surface area (Å²) in [6.45, 7) is 4.11. The first kappa shape index (κ1) is 17.1. The minimum absolute atomic E-state index is 0.0126. The Bertz CT molecular complexity index is 774. The molecule has 1 aromatic heterocycles. The molecule has 1 saturated heterocycles. The predicted octanol–water partition coefficient (Wildman–Crippen LogP) is 1.52. The van der Waals surface area contributed by atoms with Crippen molar-refractivity contribution in [2.75, 3.05) is 18.8 Å². The van der Waals surface area contributed by atoms with Crippen LogP contribution in [0, 0.1) is 6.92 Å². The number of nitrogens with zero attached hydrogens (tertiary/aromatic N) is 3. The smallest absolute Gasteiger partial charge is 0.242 e. The van der Waals surface area contributed by atoms with Gasteiger partial charge in [0, 0.05) is 24.7 Å². The predicted molar refractivity (Wildman–Crippen MR) is 102 cm³/mol. The zero-order valence-electron chi connectivity index (χ0n) is 15.3. The summed E-state index contributed by atoms with van der Waals surface area (Å²) in [7, 11) is 0. The summed E-state index contributed by atoms with van der Waals surface area (Å²) >= 11 is 0. The van der Waals surface area contributed by atoms with Crippen LogP contribution in [-0.2, 0) is 24.2 Å². The number of anilines is 1. The first-order valence-electron chi connectivity index (χ1n) is 9.48. The maximum atomic E-state index is 12.4. The topological polar surface area (TPSA) is 76.2 Å². The largest absolute Gasteiger partial charge is 0.384 e. The third-order valence-electron chi connectivity index (χ3n) is 5.59. The molecule has 1 aromatic carbocycles. The Hall–Kier alpha value is -2.34. The number of aryl methyl sites for hydroxylation is 1. The van der Waals surface area contributed by atoms with Crippen LogP contribution in [-0.4, -0.2) is 45.8 Å². The monoisotopic (exact) mass is 353 g/mol. The standard InChI is InChI=1S/C20H27N5O/c1-14-9-19(21)25(23-14)13-20(26)22-17-7-4-8-24(12-17)18-10-15-5-2-3-6-16(15)11-18/h2-3,5-6,9,17-18H,4,7-8,10-13,21H2,1H3,(H,22,26). The number of piperidine rings is 1. The van der Waals surface area contributed by atoms with Crippen molar-refractivity contribution in [3.63, 3.8) is 0 Å². The van der Waals surface area contributed by atoms with Crippen molar-refractivity contribution < 1.29 is 4.79 Å². The summed E-state index contributed by atoms with van der Waals surface area (Å²) in [6, 6.07) is 11.3. The van der Waals surface area contributed by atoms with Crippen molar-refractivity contribution in [3.8, 4) is 0 Å². The van der Waals surface area contributed by atoms with E-state index in [1.54, 1.807) is 10.7 Å². The van der Waals surface area contributed by atoms with E-state index in [4.69, 9.17) is 5.73 Å². The molecule has 0 radical (unpaired) electrons. The van der Waals surface area contributed by atoms with Crippen LogP contribution in [0.25, 0.3) is 0 Å². The normalized spacial score (nSPS) is 20.9. The number of likely N-dealkylation sites (tertiary alicyclic amines) is 1. The lowest BCUT2D eigenvalue weighted by Gasteiger charge is -2.37. The van der Waals surface area contributed by atoms with Crippen molar-refractivity contribution in [3.05, 3.63) is 47.2 Å². The highest BCUT2D eigenvalue weighted by molar-refractivity contribution is 5.76. The number of aromatic nitrogens is 2. The SMILES string of the molecule is Cc1cc(N)n(CC(=O)NC2CCCN(C3Cc4ccccc4C3)C2)n1. The van der Waals surface area contributed by atoms with Gasteiger partial charge in [0.05, 0.1) is 5.69 Å². The summed E-state index contributed by atoms with van der Waals surface area (Å²) in [6.07, 6.45) is 4.41. The summed E-state index contributed by atoms with van der Waals surface area (Å²) in [5.41, 5.74) is 9.67. The molecule has 2 aromatic rings. The zero-order valence-corrected chi connectivity index (χ0v) is 15.3. The molecule has 6 nitrogen and oxygen atoms in total. The minimum atomic E-state index is -0.0126. The molecule has 3 N–H and O–H groups in total. The van der Waals surface area contributed by atoms with Gasteiger partial charge in [0.25, 0.3) is 0 Å². The third-order valence-corrected chi connectivity index (χ3v) is 5.59. The molecule has 2 heterocycles. The zero-order chi connectivity index (χ0) is 18.1. The number of hydrogen-bond donors (Lipinski definition) is 2. The molecule has 1 aliphatic carbocycles. The summed E-state index contributed by atoms with van der Waals surface area (Å²) < 4.78 is 1.57. The van der Waals surface area contributed by atoms with Crippen LogP contribution in [0.3, 0.4) is 0 Å². The molecule has 1 aliphatic heterocycles. The Balaban J connectivity index is 1.33. The van der Waals surface area contributed by atoms with Gasteiger partial charge in [-0.25, -0.2) is 4.68 Å². The Morgan fingerprint density at radius 1 is 1.31 bits per heavy atom. The van der Waals surface area contributed by atoms with Crippen LogP contribution in [0.2, 0.25) is 0 Å². The molecule has 0 saturated carbocycles. The fourth-order valence-electron chi connectivity index (χ4n) is 4.35. The van der Waals surface area contributed by atoms with E-state index in [9.17, 15) is 4.79 Å². The first-order chi connectivity index (χ1) is 12.6. The van der Waals surface area contributed by atoms with E-state index in [1.807, 2.05) is 6.92 Å². The van der Waals surface area contributed by atoms with Crippen LogP contribution >= 0.6 is 0 Å². The van der Waals surface area contributed by atoms with E-state index in [0.29, 0.717) is 11.9 Å². The third kappa shape index (κ3) is 3.60. The number of nitrogens with two attached hydrogens (primary N) is 1. The lowest BCUT2D eigenvalue weighted by Crippen LogP contribution is -2.51. The van der Waals surface area contributed by atoms with Crippen LogP contribution in [0.5, 0.6) is 0 Å². The molecule has 4 rings (SSSR count). The van der Waals surface area contributed by atoms with Gasteiger partial charge < -0.3 is 11.1 Å². The van der Waals surface area contributed by atoms with Gasteiger partial charge in [-0.3, -0.25) is 9.69 Å². The second-order valence-corrected chi connectivity index (χ2v) is 7.60. The second-order valence-electron chi connectivity index (χ2n) is 7.60. The summed E-state index contributed by atoms with van der Waals surface area (Å²) in [5, 5.41) is 7.45. The summed E-state index contributed by atoms with van der Waals surface area (Å²) in [4.78, 5) is 15.0. The number of benzene rings is 1. The van der Waals surface area contributed by atoms with Crippen molar-refractivity contribution in [1.82, 2.24) is 20.0 Å². The highest BCUT2D eigenvalue weighted by Crippen LogP contribution is 2.27. The average Bonchev–Trinajstić information content (AvgIpc) is 3.18. The molecule has 0 bridgehead atoms. The van der Waals surface area contributed by atoms with Gasteiger partial charge in [0.15, 0.2) is 0 Å². The van der Waals surface area contributed by atoms with Gasteiger partial charge in [-0.15, -0.1) is 0 Å². The van der Waals surface area contributed by atoms with E-state index in [0.717, 1.165) is 44.5 Å². The summed E-state index contributed by atoms with van der Waals surface area (Å²) in [5.74, 6) is 0.521. The van der Waals surface area contributed by atoms with Gasteiger partial charge in [0.1, 0.15) is 12.4 Å². The van der Waals surface area contributed by atoms with Gasteiger partial charge in [-0.2, -0.15) is 5.10 Å². The molecule has 1 amide bonds. The number of hydrogen-bond acceptors (Lipinski definition) is 4. The molecular formula is C20H27N5O. The maximum Gasteiger partial charge on any atom is 0.242 e. The van der Waals surface area contributed by atoms with Gasteiger partial charge in [-0.05, 0) is 50.3 Å². The molecule has 138 valence electrons. The fraction of sp³-hybridized carbons (Fsp3) is 0.500. The highest BCUT2D eigenvalue weighted by Gasteiger charge is 2.30. The first-order valence-corrected chi connectivity index (χ1v) is 9.48. The van der Waals surface area contributed by atoms with Crippen molar-refractivity contribution in [1.29, 1.82) is 0 Å². The minimum Gasteiger partial charge on any atom is -0.384 e. The van der Waals surface area contributed by atoms with E-state index >= 15 is 0 Å². The molecule has 2 aliphatic rings. The number of nitrogen functional groups attached to an aromatic ring is 1.